The molecule has 0 radical (unpaired) electrons. The first-order valence-electron chi connectivity index (χ1n) is 9.95. The zero-order valence-electron chi connectivity index (χ0n) is 16.6. The predicted octanol–water partition coefficient (Wildman–Crippen LogP) is 4.68. The summed E-state index contributed by atoms with van der Waals surface area (Å²) in [5, 5.41) is 16.1. The second-order valence-corrected chi connectivity index (χ2v) is 7.67. The average molecular weight is 502 g/mol. The molecule has 1 heterocycles. The molecule has 5 nitrogen and oxygen atoms in total. The number of halogens is 1. The summed E-state index contributed by atoms with van der Waals surface area (Å²) in [5.74, 6) is 1.75. The number of para-hydroxylation sites is 1. The van der Waals surface area contributed by atoms with Crippen LogP contribution in [0.4, 0.5) is 0 Å². The van der Waals surface area contributed by atoms with Gasteiger partial charge in [-0.2, -0.15) is 5.26 Å². The second kappa shape index (κ2) is 9.49. The van der Waals surface area contributed by atoms with Gasteiger partial charge in [0.2, 0.25) is 0 Å². The first kappa shape index (κ1) is 21.4. The highest BCUT2D eigenvalue weighted by molar-refractivity contribution is 14.0. The highest BCUT2D eigenvalue weighted by atomic mass is 127. The molecule has 0 bridgehead atoms. The van der Waals surface area contributed by atoms with Gasteiger partial charge in [-0.25, -0.2) is 0 Å². The summed E-state index contributed by atoms with van der Waals surface area (Å²) < 4.78 is 6.45. The molecule has 1 atom stereocenters. The fourth-order valence-electron chi connectivity index (χ4n) is 4.37. The molecular formula is C23H27IN4O. The quantitative estimate of drug-likeness (QED) is 0.364. The van der Waals surface area contributed by atoms with E-state index in [1.54, 1.807) is 7.05 Å². The standard InChI is InChI=1S/C23H26N4O.HI/c1-25-22(26-16-18-8-6-7-17(13-18)15-24)27-20-14-23(11-4-5-12-23)28-21-10-3-2-9-19(20)21;/h2-3,6-10,13,20H,4-5,11-12,14,16H2,1H3,(H2,25,26,27);1H. The van der Waals surface area contributed by atoms with Gasteiger partial charge in [0.15, 0.2) is 5.96 Å². The lowest BCUT2D eigenvalue weighted by Gasteiger charge is -2.40. The Morgan fingerprint density at radius 3 is 2.76 bits per heavy atom. The number of hydrogen-bond acceptors (Lipinski definition) is 3. The van der Waals surface area contributed by atoms with Gasteiger partial charge in [0.05, 0.1) is 17.7 Å². The van der Waals surface area contributed by atoms with E-state index < -0.39 is 0 Å². The summed E-state index contributed by atoms with van der Waals surface area (Å²) >= 11 is 0. The van der Waals surface area contributed by atoms with Crippen LogP contribution in [0.3, 0.4) is 0 Å². The van der Waals surface area contributed by atoms with Crippen molar-refractivity contribution in [1.82, 2.24) is 10.6 Å². The Balaban J connectivity index is 0.00000240. The van der Waals surface area contributed by atoms with Crippen LogP contribution in [0.15, 0.2) is 53.5 Å². The van der Waals surface area contributed by atoms with Crippen LogP contribution in [0.1, 0.15) is 54.8 Å². The Labute approximate surface area is 189 Å². The Morgan fingerprint density at radius 2 is 2.00 bits per heavy atom. The van der Waals surface area contributed by atoms with Crippen molar-refractivity contribution in [3.63, 3.8) is 0 Å². The molecule has 2 aromatic carbocycles. The van der Waals surface area contributed by atoms with Crippen LogP contribution < -0.4 is 15.4 Å². The molecule has 2 N–H and O–H groups in total. The van der Waals surface area contributed by atoms with Crippen molar-refractivity contribution in [2.24, 2.45) is 4.99 Å². The van der Waals surface area contributed by atoms with Gasteiger partial charge in [-0.1, -0.05) is 30.3 Å². The third kappa shape index (κ3) is 4.84. The molecule has 2 aliphatic rings. The van der Waals surface area contributed by atoms with Gasteiger partial charge >= 0.3 is 0 Å². The van der Waals surface area contributed by atoms with Gasteiger partial charge in [-0.3, -0.25) is 4.99 Å². The fourth-order valence-corrected chi connectivity index (χ4v) is 4.37. The van der Waals surface area contributed by atoms with E-state index in [-0.39, 0.29) is 35.6 Å². The third-order valence-corrected chi connectivity index (χ3v) is 5.76. The summed E-state index contributed by atoms with van der Waals surface area (Å²) in [5.41, 5.74) is 2.87. The Bertz CT molecular complexity index is 915. The van der Waals surface area contributed by atoms with E-state index in [9.17, 15) is 0 Å². The number of nitriles is 1. The van der Waals surface area contributed by atoms with Gasteiger partial charge in [-0.15, -0.1) is 24.0 Å². The van der Waals surface area contributed by atoms with Crippen molar-refractivity contribution in [3.05, 3.63) is 65.2 Å². The second-order valence-electron chi connectivity index (χ2n) is 7.67. The average Bonchev–Trinajstić information content (AvgIpc) is 3.18. The Morgan fingerprint density at radius 1 is 1.21 bits per heavy atom. The van der Waals surface area contributed by atoms with Crippen molar-refractivity contribution in [3.8, 4) is 11.8 Å². The zero-order valence-corrected chi connectivity index (χ0v) is 19.0. The maximum Gasteiger partial charge on any atom is 0.191 e. The van der Waals surface area contributed by atoms with Crippen LogP contribution >= 0.6 is 24.0 Å². The largest absolute Gasteiger partial charge is 0.487 e. The van der Waals surface area contributed by atoms with Crippen molar-refractivity contribution in [1.29, 1.82) is 5.26 Å². The van der Waals surface area contributed by atoms with Crippen molar-refractivity contribution < 1.29 is 4.74 Å². The smallest absolute Gasteiger partial charge is 0.191 e. The molecule has 2 aromatic rings. The lowest BCUT2D eigenvalue weighted by Crippen LogP contribution is -2.46. The molecule has 1 saturated carbocycles. The predicted molar refractivity (Wildman–Crippen MR) is 126 cm³/mol. The number of ether oxygens (including phenoxy) is 1. The van der Waals surface area contributed by atoms with Crippen LogP contribution in [0.25, 0.3) is 0 Å². The third-order valence-electron chi connectivity index (χ3n) is 5.76. The Hall–Kier alpha value is -2.27. The minimum Gasteiger partial charge on any atom is -0.487 e. The van der Waals surface area contributed by atoms with Crippen LogP contribution in [-0.2, 0) is 6.54 Å². The van der Waals surface area contributed by atoms with Gasteiger partial charge in [-0.05, 0) is 49.4 Å². The van der Waals surface area contributed by atoms with Gasteiger partial charge in [0, 0.05) is 25.6 Å². The van der Waals surface area contributed by atoms with Crippen LogP contribution in [-0.4, -0.2) is 18.6 Å². The molecule has 1 unspecified atom stereocenters. The monoisotopic (exact) mass is 502 g/mol. The molecule has 1 aliphatic heterocycles. The molecule has 4 rings (SSSR count). The van der Waals surface area contributed by atoms with Crippen LogP contribution in [0.2, 0.25) is 0 Å². The van der Waals surface area contributed by atoms with Gasteiger partial charge < -0.3 is 15.4 Å². The number of rotatable bonds is 3. The minimum atomic E-state index is -0.0496. The van der Waals surface area contributed by atoms with Crippen molar-refractivity contribution in [2.45, 2.75) is 50.3 Å². The normalized spacial score (nSPS) is 19.4. The molecule has 1 fully saturated rings. The maximum absolute atomic E-state index is 9.08. The molecule has 0 aromatic heterocycles. The SMILES string of the molecule is CN=C(NCc1cccc(C#N)c1)NC1CC2(CCCC2)Oc2ccccc21.I. The number of nitrogens with zero attached hydrogens (tertiary/aromatic N) is 2. The van der Waals surface area contributed by atoms with Crippen LogP contribution in [0.5, 0.6) is 5.75 Å². The topological polar surface area (TPSA) is 69.4 Å². The summed E-state index contributed by atoms with van der Waals surface area (Å²) in [6, 6.07) is 18.3. The first-order chi connectivity index (χ1) is 13.7. The van der Waals surface area contributed by atoms with Crippen LogP contribution in [0, 0.1) is 11.3 Å². The van der Waals surface area contributed by atoms with E-state index in [2.05, 4.69) is 39.9 Å². The van der Waals surface area contributed by atoms with Crippen molar-refractivity contribution >= 4 is 29.9 Å². The zero-order chi connectivity index (χ0) is 19.4. The fraction of sp³-hybridized carbons (Fsp3) is 0.391. The number of fused-ring (bicyclic) bond motifs is 1. The molecule has 29 heavy (non-hydrogen) atoms. The number of hydrogen-bond donors (Lipinski definition) is 2. The summed E-state index contributed by atoms with van der Waals surface area (Å²) in [6.07, 6.45) is 5.65. The first-order valence-corrected chi connectivity index (χ1v) is 9.95. The molecule has 152 valence electrons. The molecule has 1 spiro atoms. The molecule has 0 amide bonds. The molecular weight excluding hydrogens is 475 g/mol. The summed E-state index contributed by atoms with van der Waals surface area (Å²) in [7, 11) is 1.79. The highest BCUT2D eigenvalue weighted by Crippen LogP contribution is 2.46. The lowest BCUT2D eigenvalue weighted by atomic mass is 9.86. The van der Waals surface area contributed by atoms with E-state index in [0.29, 0.717) is 12.1 Å². The number of benzene rings is 2. The molecule has 6 heteroatoms. The number of aliphatic imine (C=N–C) groups is 1. The van der Waals surface area contributed by atoms with Gasteiger partial charge in [0.25, 0.3) is 0 Å². The van der Waals surface area contributed by atoms with E-state index in [1.165, 1.54) is 18.4 Å². The molecule has 0 saturated heterocycles. The van der Waals surface area contributed by atoms with E-state index in [4.69, 9.17) is 10.00 Å². The number of guanidine groups is 1. The minimum absolute atomic E-state index is 0. The van der Waals surface area contributed by atoms with E-state index in [1.807, 2.05) is 30.3 Å². The van der Waals surface area contributed by atoms with E-state index in [0.717, 1.165) is 36.5 Å². The molecule has 1 aliphatic carbocycles. The highest BCUT2D eigenvalue weighted by Gasteiger charge is 2.43. The van der Waals surface area contributed by atoms with E-state index >= 15 is 0 Å². The number of nitrogens with one attached hydrogen (secondary N) is 2. The summed E-state index contributed by atoms with van der Waals surface area (Å²) in [4.78, 5) is 4.42. The lowest BCUT2D eigenvalue weighted by molar-refractivity contribution is 0.0396. The summed E-state index contributed by atoms with van der Waals surface area (Å²) in [6.45, 7) is 0.616. The maximum atomic E-state index is 9.08. The Kier molecular flexibility index (Phi) is 7.01. The van der Waals surface area contributed by atoms with Gasteiger partial charge in [0.1, 0.15) is 11.4 Å². The van der Waals surface area contributed by atoms with Crippen molar-refractivity contribution in [2.75, 3.05) is 7.05 Å².